The third-order valence-corrected chi connectivity index (χ3v) is 7.26. The SMILES string of the molecule is O=C(O)COCCN(C(c1ccccc1)c1ccccc1)S(=O)(=O)c1ccc(Cl)cc1Cl. The molecule has 32 heavy (non-hydrogen) atoms. The summed E-state index contributed by atoms with van der Waals surface area (Å²) in [6.07, 6.45) is 0. The van der Waals surface area contributed by atoms with Crippen molar-refractivity contribution in [3.05, 3.63) is 100 Å². The fourth-order valence-corrected chi connectivity index (χ4v) is 5.64. The Morgan fingerprint density at radius 3 is 2.00 bits per heavy atom. The molecule has 1 N–H and O–H groups in total. The van der Waals surface area contributed by atoms with Crippen molar-refractivity contribution in [3.63, 3.8) is 0 Å². The standard InChI is InChI=1S/C23H21Cl2NO5S/c24-19-11-12-21(20(25)15-19)32(29,30)26(13-14-31-16-22(27)28)23(17-7-3-1-4-8-17)18-9-5-2-6-10-18/h1-12,15,23H,13-14,16H2,(H,27,28). The van der Waals surface area contributed by atoms with Crippen LogP contribution in [0.4, 0.5) is 0 Å². The van der Waals surface area contributed by atoms with E-state index in [2.05, 4.69) is 0 Å². The zero-order valence-corrected chi connectivity index (χ0v) is 19.2. The fourth-order valence-electron chi connectivity index (χ4n) is 3.31. The van der Waals surface area contributed by atoms with Crippen LogP contribution in [0.25, 0.3) is 0 Å². The van der Waals surface area contributed by atoms with E-state index in [0.717, 1.165) is 11.1 Å². The van der Waals surface area contributed by atoms with Gasteiger partial charge in [-0.2, -0.15) is 4.31 Å². The van der Waals surface area contributed by atoms with Gasteiger partial charge in [-0.15, -0.1) is 0 Å². The molecule has 0 radical (unpaired) electrons. The van der Waals surface area contributed by atoms with Gasteiger partial charge in [-0.25, -0.2) is 13.2 Å². The monoisotopic (exact) mass is 493 g/mol. The van der Waals surface area contributed by atoms with Crippen molar-refractivity contribution >= 4 is 39.2 Å². The molecule has 0 amide bonds. The van der Waals surface area contributed by atoms with Crippen LogP contribution in [0.2, 0.25) is 10.0 Å². The number of rotatable bonds is 10. The van der Waals surface area contributed by atoms with Gasteiger partial charge in [0.1, 0.15) is 11.5 Å². The molecule has 0 aliphatic rings. The number of carbonyl (C=O) groups is 1. The van der Waals surface area contributed by atoms with E-state index in [9.17, 15) is 13.2 Å². The van der Waals surface area contributed by atoms with Crippen LogP contribution in [-0.4, -0.2) is 43.6 Å². The highest BCUT2D eigenvalue weighted by Gasteiger charge is 2.34. The number of carboxylic acids is 1. The Kier molecular flexibility index (Phi) is 8.28. The summed E-state index contributed by atoms with van der Waals surface area (Å²) in [5.74, 6) is -1.14. The third-order valence-electron chi connectivity index (χ3n) is 4.68. The van der Waals surface area contributed by atoms with Crippen LogP contribution in [0.15, 0.2) is 83.8 Å². The Labute approximate surface area is 197 Å². The van der Waals surface area contributed by atoms with Crippen molar-refractivity contribution in [2.45, 2.75) is 10.9 Å². The summed E-state index contributed by atoms with van der Waals surface area (Å²) in [5.41, 5.74) is 1.48. The first-order valence-electron chi connectivity index (χ1n) is 9.67. The zero-order valence-electron chi connectivity index (χ0n) is 16.9. The first kappa shape index (κ1) is 24.2. The lowest BCUT2D eigenvalue weighted by atomic mass is 9.99. The van der Waals surface area contributed by atoms with Gasteiger partial charge in [0.15, 0.2) is 0 Å². The quantitative estimate of drug-likeness (QED) is 0.407. The summed E-state index contributed by atoms with van der Waals surface area (Å²) in [7, 11) is -4.13. The van der Waals surface area contributed by atoms with E-state index in [1.54, 1.807) is 0 Å². The van der Waals surface area contributed by atoms with E-state index in [4.69, 9.17) is 33.0 Å². The second-order valence-corrected chi connectivity index (χ2v) is 9.56. The van der Waals surface area contributed by atoms with Gasteiger partial charge in [0.05, 0.1) is 17.7 Å². The van der Waals surface area contributed by atoms with E-state index < -0.39 is 28.6 Å². The van der Waals surface area contributed by atoms with Gasteiger partial charge in [0.25, 0.3) is 0 Å². The van der Waals surface area contributed by atoms with Gasteiger partial charge < -0.3 is 9.84 Å². The van der Waals surface area contributed by atoms with Crippen LogP contribution < -0.4 is 0 Å². The minimum absolute atomic E-state index is 0.00572. The molecule has 0 aliphatic carbocycles. The van der Waals surface area contributed by atoms with Gasteiger partial charge in [-0.3, -0.25) is 0 Å². The number of nitrogens with zero attached hydrogens (tertiary/aromatic N) is 1. The maximum atomic E-state index is 13.8. The molecule has 3 aromatic carbocycles. The van der Waals surface area contributed by atoms with Crippen LogP contribution >= 0.6 is 23.2 Å². The maximum Gasteiger partial charge on any atom is 0.329 e. The van der Waals surface area contributed by atoms with Crippen molar-refractivity contribution < 1.29 is 23.1 Å². The first-order chi connectivity index (χ1) is 15.3. The number of hydrogen-bond acceptors (Lipinski definition) is 4. The van der Waals surface area contributed by atoms with E-state index >= 15 is 0 Å². The molecular formula is C23H21Cl2NO5S. The van der Waals surface area contributed by atoms with Gasteiger partial charge in [-0.1, -0.05) is 83.9 Å². The smallest absolute Gasteiger partial charge is 0.329 e. The molecule has 9 heteroatoms. The van der Waals surface area contributed by atoms with Gasteiger partial charge in [0.2, 0.25) is 10.0 Å². The molecule has 0 saturated heterocycles. The number of benzene rings is 3. The van der Waals surface area contributed by atoms with E-state index in [-0.39, 0.29) is 23.1 Å². The molecule has 0 spiro atoms. The molecule has 0 saturated carbocycles. The highest BCUT2D eigenvalue weighted by Crippen LogP contribution is 2.36. The second kappa shape index (κ2) is 10.9. The normalized spacial score (nSPS) is 11.8. The van der Waals surface area contributed by atoms with Gasteiger partial charge in [-0.05, 0) is 29.3 Å². The van der Waals surface area contributed by atoms with E-state index in [1.165, 1.54) is 22.5 Å². The van der Waals surface area contributed by atoms with Crippen molar-refractivity contribution in [1.29, 1.82) is 0 Å². The summed E-state index contributed by atoms with van der Waals surface area (Å²) in [6, 6.07) is 21.8. The Balaban J connectivity index is 2.11. The molecule has 0 unspecified atom stereocenters. The van der Waals surface area contributed by atoms with E-state index in [1.807, 2.05) is 60.7 Å². The molecule has 168 valence electrons. The Morgan fingerprint density at radius 1 is 0.938 bits per heavy atom. The molecule has 0 aromatic heterocycles. The Bertz CT molecular complexity index is 1120. The summed E-state index contributed by atoms with van der Waals surface area (Å²) in [4.78, 5) is 10.7. The number of halogens is 2. The largest absolute Gasteiger partial charge is 0.480 e. The average Bonchev–Trinajstić information content (AvgIpc) is 2.76. The van der Waals surface area contributed by atoms with Crippen LogP contribution in [0.5, 0.6) is 0 Å². The Morgan fingerprint density at radius 2 is 1.50 bits per heavy atom. The Hall–Kier alpha value is -2.42. The van der Waals surface area contributed by atoms with Gasteiger partial charge >= 0.3 is 5.97 Å². The van der Waals surface area contributed by atoms with Crippen molar-refractivity contribution in [1.82, 2.24) is 4.31 Å². The van der Waals surface area contributed by atoms with E-state index in [0.29, 0.717) is 5.02 Å². The predicted octanol–water partition coefficient (Wildman–Crippen LogP) is 4.87. The van der Waals surface area contributed by atoms with Crippen LogP contribution in [0.1, 0.15) is 17.2 Å². The molecule has 0 heterocycles. The van der Waals surface area contributed by atoms with Crippen LogP contribution in [-0.2, 0) is 19.6 Å². The summed E-state index contributed by atoms with van der Waals surface area (Å²) < 4.78 is 34.1. The van der Waals surface area contributed by atoms with Gasteiger partial charge in [0, 0.05) is 11.6 Å². The molecule has 3 aromatic rings. The highest BCUT2D eigenvalue weighted by atomic mass is 35.5. The molecule has 3 rings (SSSR count). The van der Waals surface area contributed by atoms with Crippen LogP contribution in [0, 0.1) is 0 Å². The lowest BCUT2D eigenvalue weighted by Gasteiger charge is -2.32. The molecule has 6 nitrogen and oxygen atoms in total. The number of ether oxygens (including phenoxy) is 1. The number of hydrogen-bond donors (Lipinski definition) is 1. The number of sulfonamides is 1. The topological polar surface area (TPSA) is 83.9 Å². The summed E-state index contributed by atoms with van der Waals surface area (Å²) >= 11 is 12.2. The average molecular weight is 494 g/mol. The highest BCUT2D eigenvalue weighted by molar-refractivity contribution is 7.89. The summed E-state index contributed by atoms with van der Waals surface area (Å²) in [5, 5.41) is 9.16. The summed E-state index contributed by atoms with van der Waals surface area (Å²) in [6.45, 7) is -0.743. The molecule has 0 bridgehead atoms. The second-order valence-electron chi connectivity index (χ2n) is 6.86. The zero-order chi connectivity index (χ0) is 23.1. The molecule has 0 fully saturated rings. The minimum atomic E-state index is -4.13. The maximum absolute atomic E-state index is 13.8. The predicted molar refractivity (Wildman–Crippen MR) is 124 cm³/mol. The minimum Gasteiger partial charge on any atom is -0.480 e. The third kappa shape index (κ3) is 5.88. The lowest BCUT2D eigenvalue weighted by Crippen LogP contribution is -2.38. The lowest BCUT2D eigenvalue weighted by molar-refractivity contribution is -0.142. The van der Waals surface area contributed by atoms with Crippen molar-refractivity contribution in [2.24, 2.45) is 0 Å². The van der Waals surface area contributed by atoms with Crippen molar-refractivity contribution in [2.75, 3.05) is 19.8 Å². The fraction of sp³-hybridized carbons (Fsp3) is 0.174. The molecule has 0 aliphatic heterocycles. The van der Waals surface area contributed by atoms with Crippen molar-refractivity contribution in [3.8, 4) is 0 Å². The number of aliphatic carboxylic acids is 1. The first-order valence-corrected chi connectivity index (χ1v) is 11.9. The molecule has 0 atom stereocenters. The molecular weight excluding hydrogens is 473 g/mol. The van der Waals surface area contributed by atoms with Crippen LogP contribution in [0.3, 0.4) is 0 Å². The number of carboxylic acid groups (broad SMARTS) is 1.